The number of aromatic nitrogens is 3. The molecule has 2 aromatic heterocycles. The molecule has 0 aliphatic heterocycles. The van der Waals surface area contributed by atoms with Crippen molar-refractivity contribution in [2.45, 2.75) is 9.92 Å². The number of hydrogen-bond acceptors (Lipinski definition) is 3. The van der Waals surface area contributed by atoms with Gasteiger partial charge in [0, 0.05) is 10.5 Å². The Morgan fingerprint density at radius 1 is 0.731 bits per heavy atom. The lowest BCUT2D eigenvalue weighted by Crippen LogP contribution is -1.91. The van der Waals surface area contributed by atoms with E-state index in [1.165, 1.54) is 15.7 Å². The van der Waals surface area contributed by atoms with Gasteiger partial charge in [-0.25, -0.2) is 9.50 Å². The smallest absolute Gasteiger partial charge is 0.154 e. The normalized spacial score (nSPS) is 11.2. The van der Waals surface area contributed by atoms with Crippen molar-refractivity contribution in [1.82, 2.24) is 14.6 Å². The standard InChI is InChI=1S/C22H15N3S/c1-2-8-19(9-3-1)26-22-13-12-21-23-20(15-25(21)24-22)18-11-10-16-6-4-5-7-17(16)14-18/h1-15H. The molecule has 2 heterocycles. The molecule has 0 unspecified atom stereocenters. The lowest BCUT2D eigenvalue weighted by atomic mass is 10.1. The number of fused-ring (bicyclic) bond motifs is 2. The third-order valence-electron chi connectivity index (χ3n) is 4.31. The summed E-state index contributed by atoms with van der Waals surface area (Å²) in [7, 11) is 0. The van der Waals surface area contributed by atoms with Crippen molar-refractivity contribution < 1.29 is 0 Å². The number of rotatable bonds is 3. The Morgan fingerprint density at radius 2 is 1.54 bits per heavy atom. The van der Waals surface area contributed by atoms with Gasteiger partial charge in [-0.05, 0) is 41.1 Å². The van der Waals surface area contributed by atoms with Crippen LogP contribution in [-0.4, -0.2) is 14.6 Å². The average Bonchev–Trinajstić information content (AvgIpc) is 3.12. The number of imidazole rings is 1. The molecule has 0 fully saturated rings. The molecule has 4 heteroatoms. The first-order chi connectivity index (χ1) is 12.8. The molecule has 3 nitrogen and oxygen atoms in total. The minimum absolute atomic E-state index is 0.852. The average molecular weight is 353 g/mol. The number of benzene rings is 3. The van der Waals surface area contributed by atoms with Crippen LogP contribution in [0.25, 0.3) is 27.7 Å². The van der Waals surface area contributed by atoms with Gasteiger partial charge in [0.2, 0.25) is 0 Å². The molecule has 0 saturated carbocycles. The van der Waals surface area contributed by atoms with Crippen molar-refractivity contribution in [2.75, 3.05) is 0 Å². The van der Waals surface area contributed by atoms with Gasteiger partial charge in [0.1, 0.15) is 5.03 Å². The lowest BCUT2D eigenvalue weighted by molar-refractivity contribution is 0.859. The Labute approximate surface area is 155 Å². The zero-order valence-corrected chi connectivity index (χ0v) is 14.7. The molecule has 0 spiro atoms. The van der Waals surface area contributed by atoms with E-state index in [0.717, 1.165) is 21.9 Å². The van der Waals surface area contributed by atoms with Crippen LogP contribution in [-0.2, 0) is 0 Å². The molecular weight excluding hydrogens is 338 g/mol. The summed E-state index contributed by atoms with van der Waals surface area (Å²) in [6.45, 7) is 0. The highest BCUT2D eigenvalue weighted by Crippen LogP contribution is 2.27. The van der Waals surface area contributed by atoms with Crippen LogP contribution in [0.1, 0.15) is 0 Å². The SMILES string of the molecule is c1ccc(Sc2ccc3nc(-c4ccc5ccccc5c4)cn3n2)cc1. The molecule has 0 amide bonds. The van der Waals surface area contributed by atoms with E-state index in [9.17, 15) is 0 Å². The van der Waals surface area contributed by atoms with Crippen LogP contribution in [0.4, 0.5) is 0 Å². The molecule has 26 heavy (non-hydrogen) atoms. The highest BCUT2D eigenvalue weighted by atomic mass is 32.2. The predicted octanol–water partition coefficient (Wildman–Crippen LogP) is 5.70. The third-order valence-corrected chi connectivity index (χ3v) is 5.24. The van der Waals surface area contributed by atoms with E-state index in [1.54, 1.807) is 11.8 Å². The zero-order chi connectivity index (χ0) is 17.3. The fourth-order valence-corrected chi connectivity index (χ4v) is 3.82. The molecule has 0 aliphatic carbocycles. The van der Waals surface area contributed by atoms with Crippen LogP contribution in [0.2, 0.25) is 0 Å². The van der Waals surface area contributed by atoms with Gasteiger partial charge in [-0.15, -0.1) is 0 Å². The Balaban J connectivity index is 1.52. The quantitative estimate of drug-likeness (QED) is 0.417. The van der Waals surface area contributed by atoms with Gasteiger partial charge in [0.05, 0.1) is 11.9 Å². The Hall–Kier alpha value is -3.11. The lowest BCUT2D eigenvalue weighted by Gasteiger charge is -2.00. The second-order valence-electron chi connectivity index (χ2n) is 6.08. The first-order valence-corrected chi connectivity index (χ1v) is 9.25. The molecule has 124 valence electrons. The zero-order valence-electron chi connectivity index (χ0n) is 13.9. The van der Waals surface area contributed by atoms with Crippen LogP contribution in [0.5, 0.6) is 0 Å². The Morgan fingerprint density at radius 3 is 2.42 bits per heavy atom. The molecule has 0 atom stereocenters. The summed E-state index contributed by atoms with van der Waals surface area (Å²) in [6.07, 6.45) is 1.99. The summed E-state index contributed by atoms with van der Waals surface area (Å²) in [6, 6.07) is 29.1. The predicted molar refractivity (Wildman–Crippen MR) is 106 cm³/mol. The summed E-state index contributed by atoms with van der Waals surface area (Å²) < 4.78 is 1.86. The summed E-state index contributed by atoms with van der Waals surface area (Å²) in [4.78, 5) is 5.90. The van der Waals surface area contributed by atoms with Crippen molar-refractivity contribution in [1.29, 1.82) is 0 Å². The second kappa shape index (κ2) is 6.32. The van der Waals surface area contributed by atoms with Crippen molar-refractivity contribution in [2.24, 2.45) is 0 Å². The van der Waals surface area contributed by atoms with Gasteiger partial charge >= 0.3 is 0 Å². The van der Waals surface area contributed by atoms with Crippen LogP contribution in [0.15, 0.2) is 101 Å². The van der Waals surface area contributed by atoms with E-state index in [-0.39, 0.29) is 0 Å². The van der Waals surface area contributed by atoms with Gasteiger partial charge in [-0.1, -0.05) is 66.4 Å². The summed E-state index contributed by atoms with van der Waals surface area (Å²) in [5.41, 5.74) is 2.89. The maximum atomic E-state index is 4.73. The van der Waals surface area contributed by atoms with E-state index in [1.807, 2.05) is 41.0 Å². The molecule has 0 N–H and O–H groups in total. The minimum atomic E-state index is 0.852. The van der Waals surface area contributed by atoms with Crippen LogP contribution < -0.4 is 0 Å². The second-order valence-corrected chi connectivity index (χ2v) is 7.17. The number of hydrogen-bond donors (Lipinski definition) is 0. The largest absolute Gasteiger partial charge is 0.227 e. The van der Waals surface area contributed by atoms with E-state index in [4.69, 9.17) is 10.1 Å². The minimum Gasteiger partial charge on any atom is -0.227 e. The van der Waals surface area contributed by atoms with E-state index >= 15 is 0 Å². The molecule has 0 radical (unpaired) electrons. The molecule has 3 aromatic carbocycles. The summed E-state index contributed by atoms with van der Waals surface area (Å²) in [5.74, 6) is 0. The first kappa shape index (κ1) is 15.2. The highest BCUT2D eigenvalue weighted by molar-refractivity contribution is 7.99. The van der Waals surface area contributed by atoms with Crippen LogP contribution in [0.3, 0.4) is 0 Å². The van der Waals surface area contributed by atoms with Crippen LogP contribution >= 0.6 is 11.8 Å². The summed E-state index contributed by atoms with van der Waals surface area (Å²) >= 11 is 1.65. The highest BCUT2D eigenvalue weighted by Gasteiger charge is 2.07. The summed E-state index contributed by atoms with van der Waals surface area (Å²) in [5, 5.41) is 8.10. The van der Waals surface area contributed by atoms with Crippen LogP contribution in [0, 0.1) is 0 Å². The van der Waals surface area contributed by atoms with Gasteiger partial charge in [0.15, 0.2) is 5.65 Å². The Bertz CT molecular complexity index is 1210. The fourth-order valence-electron chi connectivity index (χ4n) is 3.02. The maximum Gasteiger partial charge on any atom is 0.154 e. The first-order valence-electron chi connectivity index (χ1n) is 8.44. The molecule has 0 saturated heterocycles. The molecule has 0 bridgehead atoms. The van der Waals surface area contributed by atoms with E-state index in [2.05, 4.69) is 54.6 Å². The molecular formula is C22H15N3S. The van der Waals surface area contributed by atoms with Crippen molar-refractivity contribution in [3.8, 4) is 11.3 Å². The van der Waals surface area contributed by atoms with Crippen molar-refractivity contribution in [3.63, 3.8) is 0 Å². The van der Waals surface area contributed by atoms with E-state index in [0.29, 0.717) is 0 Å². The van der Waals surface area contributed by atoms with Gasteiger partial charge in [-0.3, -0.25) is 0 Å². The van der Waals surface area contributed by atoms with Gasteiger partial charge < -0.3 is 0 Å². The maximum absolute atomic E-state index is 4.73. The topological polar surface area (TPSA) is 30.2 Å². The fraction of sp³-hybridized carbons (Fsp3) is 0. The van der Waals surface area contributed by atoms with E-state index < -0.39 is 0 Å². The molecule has 5 aromatic rings. The van der Waals surface area contributed by atoms with Crippen molar-refractivity contribution >= 4 is 28.2 Å². The van der Waals surface area contributed by atoms with Gasteiger partial charge in [-0.2, -0.15) is 5.10 Å². The number of nitrogens with zero attached hydrogens (tertiary/aromatic N) is 3. The third kappa shape index (κ3) is 2.85. The van der Waals surface area contributed by atoms with Gasteiger partial charge in [0.25, 0.3) is 0 Å². The molecule has 0 aliphatic rings. The monoisotopic (exact) mass is 353 g/mol. The van der Waals surface area contributed by atoms with Crippen molar-refractivity contribution in [3.05, 3.63) is 91.1 Å². The Kier molecular flexibility index (Phi) is 3.68. The molecule has 5 rings (SSSR count).